The highest BCUT2D eigenvalue weighted by atomic mass is 32.1. The van der Waals surface area contributed by atoms with E-state index in [1.54, 1.807) is 73.8 Å². The van der Waals surface area contributed by atoms with Gasteiger partial charge in [0.2, 0.25) is 0 Å². The third-order valence-electron chi connectivity index (χ3n) is 5.02. The molecule has 6 nitrogen and oxygen atoms in total. The third-order valence-corrected chi connectivity index (χ3v) is 5.38. The molecule has 3 aromatic carbocycles. The van der Waals surface area contributed by atoms with E-state index >= 15 is 0 Å². The summed E-state index contributed by atoms with van der Waals surface area (Å²) in [6.45, 7) is 0. The van der Waals surface area contributed by atoms with Gasteiger partial charge in [0.05, 0.1) is 25.6 Å². The van der Waals surface area contributed by atoms with E-state index in [-0.39, 0.29) is 10.7 Å². The lowest BCUT2D eigenvalue weighted by atomic mass is 10.0. The van der Waals surface area contributed by atoms with Gasteiger partial charge in [0.25, 0.3) is 11.8 Å². The van der Waals surface area contributed by atoms with E-state index < -0.39 is 11.8 Å². The number of nitrogens with zero attached hydrogens (tertiary/aromatic N) is 2. The number of benzene rings is 3. The van der Waals surface area contributed by atoms with Crippen molar-refractivity contribution >= 4 is 46.6 Å². The zero-order valence-corrected chi connectivity index (χ0v) is 18.3. The molecule has 160 valence electrons. The van der Waals surface area contributed by atoms with Gasteiger partial charge in [-0.2, -0.15) is 0 Å². The molecule has 1 heterocycles. The molecular weight excluding hydrogens is 424 g/mol. The van der Waals surface area contributed by atoms with Gasteiger partial charge in [-0.25, -0.2) is 4.90 Å². The van der Waals surface area contributed by atoms with E-state index in [0.29, 0.717) is 28.4 Å². The van der Waals surface area contributed by atoms with Crippen molar-refractivity contribution in [2.24, 2.45) is 0 Å². The second kappa shape index (κ2) is 9.03. The number of hydrogen-bond acceptors (Lipinski definition) is 5. The third kappa shape index (κ3) is 3.86. The standard InChI is InChI=1S/C25H20N2O4S/c1-30-19-14-12-17(13-15-19)16-20-23(28)26(18-8-4-3-5-9-18)25(32)27(24(20)29)21-10-6-7-11-22(21)31-2/h3-16H,1-2H3/b20-16+. The molecule has 1 fully saturated rings. The monoisotopic (exact) mass is 444 g/mol. The molecule has 3 aromatic rings. The van der Waals surface area contributed by atoms with Crippen LogP contribution < -0.4 is 19.3 Å². The molecule has 32 heavy (non-hydrogen) atoms. The summed E-state index contributed by atoms with van der Waals surface area (Å²) in [4.78, 5) is 29.7. The van der Waals surface area contributed by atoms with Gasteiger partial charge < -0.3 is 9.47 Å². The minimum Gasteiger partial charge on any atom is -0.497 e. The fourth-order valence-electron chi connectivity index (χ4n) is 3.43. The summed E-state index contributed by atoms with van der Waals surface area (Å²) in [6.07, 6.45) is 1.56. The largest absolute Gasteiger partial charge is 0.497 e. The van der Waals surface area contributed by atoms with Crippen molar-refractivity contribution in [3.05, 3.63) is 90.0 Å². The summed E-state index contributed by atoms with van der Waals surface area (Å²) in [6, 6.07) is 23.1. The summed E-state index contributed by atoms with van der Waals surface area (Å²) < 4.78 is 10.6. The molecular formula is C25H20N2O4S. The van der Waals surface area contributed by atoms with Crippen LogP contribution in [-0.4, -0.2) is 31.1 Å². The van der Waals surface area contributed by atoms with Crippen LogP contribution in [0.2, 0.25) is 0 Å². The predicted molar refractivity (Wildman–Crippen MR) is 128 cm³/mol. The highest BCUT2D eigenvalue weighted by Crippen LogP contribution is 2.34. The SMILES string of the molecule is COc1ccc(/C=C2\C(=O)N(c3ccccc3)C(=S)N(c3ccccc3OC)C2=O)cc1. The van der Waals surface area contributed by atoms with Crippen LogP contribution in [0.15, 0.2) is 84.4 Å². The van der Waals surface area contributed by atoms with Crippen LogP contribution in [-0.2, 0) is 9.59 Å². The molecule has 0 atom stereocenters. The minimum atomic E-state index is -0.521. The average Bonchev–Trinajstić information content (AvgIpc) is 2.83. The van der Waals surface area contributed by atoms with Gasteiger partial charge in [-0.3, -0.25) is 14.5 Å². The highest BCUT2D eigenvalue weighted by Gasteiger charge is 2.42. The molecule has 0 saturated carbocycles. The van der Waals surface area contributed by atoms with E-state index in [0.717, 1.165) is 0 Å². The Bertz CT molecular complexity index is 1210. The lowest BCUT2D eigenvalue weighted by Crippen LogP contribution is -2.57. The Kier molecular flexibility index (Phi) is 6.00. The van der Waals surface area contributed by atoms with Crippen LogP contribution in [0.5, 0.6) is 11.5 Å². The number of ether oxygens (including phenoxy) is 2. The Morgan fingerprint density at radius 3 is 2.03 bits per heavy atom. The number of rotatable bonds is 5. The summed E-state index contributed by atoms with van der Waals surface area (Å²) in [5.41, 5.74) is 1.69. The van der Waals surface area contributed by atoms with Crippen molar-refractivity contribution < 1.29 is 19.1 Å². The number of para-hydroxylation sites is 3. The van der Waals surface area contributed by atoms with Crippen molar-refractivity contribution in [1.82, 2.24) is 0 Å². The number of carbonyl (C=O) groups excluding carboxylic acids is 2. The molecule has 0 N–H and O–H groups in total. The summed E-state index contributed by atoms with van der Waals surface area (Å²) in [5.74, 6) is 0.131. The zero-order valence-electron chi connectivity index (χ0n) is 17.5. The first-order valence-corrected chi connectivity index (χ1v) is 10.2. The predicted octanol–water partition coefficient (Wildman–Crippen LogP) is 4.45. The van der Waals surface area contributed by atoms with Crippen LogP contribution in [0.4, 0.5) is 11.4 Å². The second-order valence-corrected chi connectivity index (χ2v) is 7.27. The van der Waals surface area contributed by atoms with Gasteiger partial charge in [-0.1, -0.05) is 42.5 Å². The molecule has 4 rings (SSSR count). The maximum Gasteiger partial charge on any atom is 0.270 e. The molecule has 7 heteroatoms. The van der Waals surface area contributed by atoms with E-state index in [4.69, 9.17) is 21.7 Å². The smallest absolute Gasteiger partial charge is 0.270 e. The number of thiocarbonyl (C=S) groups is 1. The van der Waals surface area contributed by atoms with E-state index in [1.807, 2.05) is 18.2 Å². The Balaban J connectivity index is 1.87. The quantitative estimate of drug-likeness (QED) is 0.331. The maximum absolute atomic E-state index is 13.6. The molecule has 1 aliphatic rings. The molecule has 1 saturated heterocycles. The first-order valence-electron chi connectivity index (χ1n) is 9.82. The van der Waals surface area contributed by atoms with Crippen molar-refractivity contribution in [2.75, 3.05) is 24.0 Å². The van der Waals surface area contributed by atoms with E-state index in [2.05, 4.69) is 0 Å². The fourth-order valence-corrected chi connectivity index (χ4v) is 3.80. The van der Waals surface area contributed by atoms with Crippen molar-refractivity contribution in [3.8, 4) is 11.5 Å². The normalized spacial score (nSPS) is 15.3. The molecule has 0 bridgehead atoms. The van der Waals surface area contributed by atoms with Crippen molar-refractivity contribution in [1.29, 1.82) is 0 Å². The number of amides is 2. The molecule has 0 aliphatic carbocycles. The molecule has 0 aromatic heterocycles. The molecule has 0 radical (unpaired) electrons. The van der Waals surface area contributed by atoms with Gasteiger partial charge in [0.1, 0.15) is 17.1 Å². The van der Waals surface area contributed by atoms with Crippen LogP contribution in [0.25, 0.3) is 6.08 Å². The van der Waals surface area contributed by atoms with Gasteiger partial charge in [-0.05, 0) is 60.3 Å². The first-order chi connectivity index (χ1) is 15.5. The molecule has 2 amide bonds. The average molecular weight is 445 g/mol. The van der Waals surface area contributed by atoms with Crippen molar-refractivity contribution in [3.63, 3.8) is 0 Å². The number of methoxy groups -OCH3 is 2. The zero-order chi connectivity index (χ0) is 22.7. The second-order valence-electron chi connectivity index (χ2n) is 6.90. The lowest BCUT2D eigenvalue weighted by Gasteiger charge is -2.37. The van der Waals surface area contributed by atoms with Crippen LogP contribution in [0.1, 0.15) is 5.56 Å². The Morgan fingerprint density at radius 2 is 1.38 bits per heavy atom. The minimum absolute atomic E-state index is 0.0153. The Labute approximate surface area is 191 Å². The highest BCUT2D eigenvalue weighted by molar-refractivity contribution is 7.81. The lowest BCUT2D eigenvalue weighted by molar-refractivity contribution is -0.120. The number of anilines is 2. The summed E-state index contributed by atoms with van der Waals surface area (Å²) in [5, 5.41) is 0.0579. The molecule has 0 spiro atoms. The van der Waals surface area contributed by atoms with Gasteiger partial charge in [-0.15, -0.1) is 0 Å². The fraction of sp³-hybridized carbons (Fsp3) is 0.0800. The molecule has 0 unspecified atom stereocenters. The van der Waals surface area contributed by atoms with E-state index in [9.17, 15) is 9.59 Å². The van der Waals surface area contributed by atoms with Crippen LogP contribution >= 0.6 is 12.2 Å². The Morgan fingerprint density at radius 1 is 0.750 bits per heavy atom. The van der Waals surface area contributed by atoms with Crippen LogP contribution in [0.3, 0.4) is 0 Å². The Hall–Kier alpha value is -3.97. The van der Waals surface area contributed by atoms with Crippen LogP contribution in [0, 0.1) is 0 Å². The number of hydrogen-bond donors (Lipinski definition) is 0. The summed E-state index contributed by atoms with van der Waals surface area (Å²) in [7, 11) is 3.09. The van der Waals surface area contributed by atoms with Crippen molar-refractivity contribution in [2.45, 2.75) is 0 Å². The number of carbonyl (C=O) groups is 2. The topological polar surface area (TPSA) is 59.1 Å². The molecule has 1 aliphatic heterocycles. The van der Waals surface area contributed by atoms with Gasteiger partial charge >= 0.3 is 0 Å². The maximum atomic E-state index is 13.6. The van der Waals surface area contributed by atoms with Gasteiger partial charge in [0, 0.05) is 0 Å². The van der Waals surface area contributed by atoms with Gasteiger partial charge in [0.15, 0.2) is 5.11 Å². The first kappa shape index (κ1) is 21.3. The van der Waals surface area contributed by atoms with E-state index in [1.165, 1.54) is 16.9 Å². The summed E-state index contributed by atoms with van der Waals surface area (Å²) >= 11 is 5.64.